The maximum absolute atomic E-state index is 12.3. The molecule has 0 radical (unpaired) electrons. The predicted molar refractivity (Wildman–Crippen MR) is 95.1 cm³/mol. The van der Waals surface area contributed by atoms with Crippen LogP contribution in [0.3, 0.4) is 0 Å². The van der Waals surface area contributed by atoms with E-state index < -0.39 is 0 Å². The van der Waals surface area contributed by atoms with Gasteiger partial charge in [0.2, 0.25) is 0 Å². The molecule has 1 aliphatic heterocycles. The topological polar surface area (TPSA) is 50.4 Å². The minimum absolute atomic E-state index is 0. The molecule has 22 heavy (non-hydrogen) atoms. The van der Waals surface area contributed by atoms with Crippen LogP contribution in [-0.2, 0) is 4.74 Å². The van der Waals surface area contributed by atoms with Gasteiger partial charge in [-0.1, -0.05) is 27.5 Å². The normalized spacial score (nSPS) is 16.7. The maximum atomic E-state index is 12.3. The van der Waals surface area contributed by atoms with Gasteiger partial charge in [-0.25, -0.2) is 0 Å². The van der Waals surface area contributed by atoms with Crippen molar-refractivity contribution in [3.63, 3.8) is 0 Å². The number of hydrogen-bond acceptors (Lipinski definition) is 3. The Kier molecular flexibility index (Phi) is 8.14. The summed E-state index contributed by atoms with van der Waals surface area (Å²) >= 11 is 9.45. The monoisotopic (exact) mass is 410 g/mol. The number of hydrogen-bond donors (Lipinski definition) is 2. The van der Waals surface area contributed by atoms with Gasteiger partial charge in [0, 0.05) is 23.5 Å². The Bertz CT molecular complexity index is 503. The summed E-state index contributed by atoms with van der Waals surface area (Å²) in [6.45, 7) is 3.17. The molecule has 0 saturated carbocycles. The van der Waals surface area contributed by atoms with Crippen molar-refractivity contribution < 1.29 is 9.53 Å². The number of carbonyl (C=O) groups is 1. The van der Waals surface area contributed by atoms with Crippen LogP contribution in [0, 0.1) is 5.41 Å². The second kappa shape index (κ2) is 9.08. The zero-order valence-corrected chi connectivity index (χ0v) is 15.6. The van der Waals surface area contributed by atoms with Gasteiger partial charge >= 0.3 is 0 Å². The molecule has 7 heteroatoms. The molecular weight excluding hydrogens is 391 g/mol. The summed E-state index contributed by atoms with van der Waals surface area (Å²) in [6, 6.07) is 5.28. The molecule has 1 aromatic carbocycles. The Labute approximate surface area is 150 Å². The van der Waals surface area contributed by atoms with E-state index >= 15 is 0 Å². The Morgan fingerprint density at radius 1 is 1.45 bits per heavy atom. The average Bonchev–Trinajstić information content (AvgIpc) is 2.49. The lowest BCUT2D eigenvalue weighted by Gasteiger charge is -2.37. The number of nitrogens with one attached hydrogen (secondary N) is 2. The Morgan fingerprint density at radius 2 is 2.14 bits per heavy atom. The molecule has 0 spiro atoms. The van der Waals surface area contributed by atoms with Crippen LogP contribution in [-0.4, -0.2) is 39.3 Å². The molecule has 1 heterocycles. The van der Waals surface area contributed by atoms with E-state index in [2.05, 4.69) is 26.6 Å². The fourth-order valence-corrected chi connectivity index (χ4v) is 3.23. The summed E-state index contributed by atoms with van der Waals surface area (Å²) in [5, 5.41) is 6.81. The number of methoxy groups -OCH3 is 1. The molecule has 0 atom stereocenters. The van der Waals surface area contributed by atoms with E-state index in [1.54, 1.807) is 19.2 Å². The van der Waals surface area contributed by atoms with E-state index in [1.807, 2.05) is 6.07 Å². The Hall–Kier alpha value is -0.330. The molecule has 0 aromatic heterocycles. The van der Waals surface area contributed by atoms with Crippen LogP contribution in [0.25, 0.3) is 0 Å². The van der Waals surface area contributed by atoms with Crippen molar-refractivity contribution in [3.8, 4) is 0 Å². The van der Waals surface area contributed by atoms with Gasteiger partial charge in [-0.3, -0.25) is 4.79 Å². The highest BCUT2D eigenvalue weighted by Gasteiger charge is 2.32. The zero-order chi connectivity index (χ0) is 15.3. The molecule has 1 aliphatic rings. The van der Waals surface area contributed by atoms with Crippen molar-refractivity contribution in [1.29, 1.82) is 0 Å². The van der Waals surface area contributed by atoms with Crippen molar-refractivity contribution in [2.45, 2.75) is 12.8 Å². The van der Waals surface area contributed by atoms with Gasteiger partial charge < -0.3 is 15.4 Å². The smallest absolute Gasteiger partial charge is 0.252 e. The Balaban J connectivity index is 0.00000242. The summed E-state index contributed by atoms with van der Waals surface area (Å²) in [5.41, 5.74) is 0.501. The highest BCUT2D eigenvalue weighted by Crippen LogP contribution is 2.28. The molecule has 2 rings (SSSR count). The van der Waals surface area contributed by atoms with Crippen LogP contribution in [0.15, 0.2) is 22.7 Å². The number of ether oxygens (including phenoxy) is 1. The fourth-order valence-electron chi connectivity index (χ4n) is 2.67. The van der Waals surface area contributed by atoms with Crippen molar-refractivity contribution in [2.24, 2.45) is 5.41 Å². The minimum Gasteiger partial charge on any atom is -0.384 e. The van der Waals surface area contributed by atoms with Crippen LogP contribution in [0.5, 0.6) is 0 Å². The molecule has 2 N–H and O–H groups in total. The van der Waals surface area contributed by atoms with Crippen LogP contribution in [0.2, 0.25) is 5.02 Å². The molecule has 1 fully saturated rings. The molecule has 0 unspecified atom stereocenters. The molecule has 0 bridgehead atoms. The van der Waals surface area contributed by atoms with E-state index in [0.717, 1.165) is 30.4 Å². The number of halogens is 3. The number of rotatable bonds is 5. The standard InChI is InChI=1S/C15H20BrClN2O2.ClH/c1-21-10-15(4-6-18-7-5-15)9-19-14(20)12-8-11(16)2-3-13(12)17;/h2-3,8,18H,4-7,9-10H2,1H3,(H,19,20);1H. The SMILES string of the molecule is COCC1(CNC(=O)c2cc(Br)ccc2Cl)CCNCC1.Cl. The van der Waals surface area contributed by atoms with Gasteiger partial charge in [0.25, 0.3) is 5.91 Å². The van der Waals surface area contributed by atoms with E-state index in [4.69, 9.17) is 16.3 Å². The minimum atomic E-state index is -0.143. The quantitative estimate of drug-likeness (QED) is 0.781. The summed E-state index contributed by atoms with van der Waals surface area (Å²) in [5.74, 6) is -0.143. The average molecular weight is 412 g/mol. The van der Waals surface area contributed by atoms with Crippen LogP contribution >= 0.6 is 39.9 Å². The summed E-state index contributed by atoms with van der Waals surface area (Å²) < 4.78 is 6.19. The van der Waals surface area contributed by atoms with Crippen LogP contribution in [0.1, 0.15) is 23.2 Å². The third kappa shape index (κ3) is 5.10. The molecule has 1 saturated heterocycles. The van der Waals surface area contributed by atoms with Crippen molar-refractivity contribution in [2.75, 3.05) is 33.4 Å². The summed E-state index contributed by atoms with van der Waals surface area (Å²) in [6.07, 6.45) is 1.99. The fraction of sp³-hybridized carbons (Fsp3) is 0.533. The first kappa shape index (κ1) is 19.7. The van der Waals surface area contributed by atoms with Crippen molar-refractivity contribution in [1.82, 2.24) is 10.6 Å². The van der Waals surface area contributed by atoms with E-state index in [0.29, 0.717) is 23.7 Å². The van der Waals surface area contributed by atoms with Crippen LogP contribution in [0.4, 0.5) is 0 Å². The highest BCUT2D eigenvalue weighted by atomic mass is 79.9. The predicted octanol–water partition coefficient (Wildman–Crippen LogP) is 3.27. The zero-order valence-electron chi connectivity index (χ0n) is 12.5. The number of amides is 1. The number of carbonyl (C=O) groups excluding carboxylic acids is 1. The lowest BCUT2D eigenvalue weighted by Crippen LogP contribution is -2.47. The van der Waals surface area contributed by atoms with Gasteiger partial charge in [-0.05, 0) is 44.1 Å². The van der Waals surface area contributed by atoms with E-state index in [-0.39, 0.29) is 23.7 Å². The lowest BCUT2D eigenvalue weighted by molar-refractivity contribution is 0.0512. The van der Waals surface area contributed by atoms with Crippen molar-refractivity contribution in [3.05, 3.63) is 33.3 Å². The van der Waals surface area contributed by atoms with E-state index in [1.165, 1.54) is 0 Å². The molecule has 4 nitrogen and oxygen atoms in total. The van der Waals surface area contributed by atoms with Gasteiger partial charge in [-0.15, -0.1) is 12.4 Å². The van der Waals surface area contributed by atoms with Gasteiger partial charge in [0.05, 0.1) is 17.2 Å². The second-order valence-electron chi connectivity index (χ2n) is 5.49. The molecular formula is C15H21BrCl2N2O2. The molecule has 124 valence electrons. The van der Waals surface area contributed by atoms with E-state index in [9.17, 15) is 4.79 Å². The first-order chi connectivity index (χ1) is 10.1. The first-order valence-electron chi connectivity index (χ1n) is 6.99. The molecule has 1 amide bonds. The molecule has 0 aliphatic carbocycles. The first-order valence-corrected chi connectivity index (χ1v) is 8.16. The summed E-state index contributed by atoms with van der Waals surface area (Å²) in [7, 11) is 1.71. The maximum Gasteiger partial charge on any atom is 0.252 e. The van der Waals surface area contributed by atoms with Gasteiger partial charge in [-0.2, -0.15) is 0 Å². The second-order valence-corrected chi connectivity index (χ2v) is 6.81. The Morgan fingerprint density at radius 3 is 2.77 bits per heavy atom. The highest BCUT2D eigenvalue weighted by molar-refractivity contribution is 9.10. The third-order valence-corrected chi connectivity index (χ3v) is 4.73. The molecule has 1 aromatic rings. The number of benzene rings is 1. The van der Waals surface area contributed by atoms with Crippen molar-refractivity contribution >= 4 is 45.8 Å². The largest absolute Gasteiger partial charge is 0.384 e. The number of piperidine rings is 1. The van der Waals surface area contributed by atoms with Gasteiger partial charge in [0.1, 0.15) is 0 Å². The lowest BCUT2D eigenvalue weighted by atomic mass is 9.79. The summed E-state index contributed by atoms with van der Waals surface area (Å²) in [4.78, 5) is 12.3. The third-order valence-electron chi connectivity index (χ3n) is 3.91. The van der Waals surface area contributed by atoms with Gasteiger partial charge in [0.15, 0.2) is 0 Å². The van der Waals surface area contributed by atoms with Crippen LogP contribution < -0.4 is 10.6 Å².